The first kappa shape index (κ1) is 15.0. The molecule has 1 rings (SSSR count). The predicted molar refractivity (Wildman–Crippen MR) is 69.3 cm³/mol. The Morgan fingerprint density at radius 3 is 3.06 bits per heavy atom. The topological polar surface area (TPSA) is 97.5 Å². The molecule has 18 heavy (non-hydrogen) atoms. The van der Waals surface area contributed by atoms with E-state index in [2.05, 4.69) is 10.3 Å². The second-order valence-electron chi connectivity index (χ2n) is 3.83. The second kappa shape index (κ2) is 8.15. The highest BCUT2D eigenvalue weighted by molar-refractivity contribution is 7.09. The number of ether oxygens (including phenoxy) is 1. The van der Waals surface area contributed by atoms with Crippen LogP contribution >= 0.6 is 11.3 Å². The molecule has 1 aromatic rings. The van der Waals surface area contributed by atoms with E-state index in [1.54, 1.807) is 0 Å². The van der Waals surface area contributed by atoms with Gasteiger partial charge in [0.25, 0.3) is 0 Å². The summed E-state index contributed by atoms with van der Waals surface area (Å²) in [4.78, 5) is 15.8. The molecular formula is C11H19N3O3S. The maximum Gasteiger partial charge on any atom is 0.226 e. The summed E-state index contributed by atoms with van der Waals surface area (Å²) >= 11 is 1.47. The Bertz CT molecular complexity index is 368. The minimum absolute atomic E-state index is 0.00712. The molecule has 0 aliphatic carbocycles. The van der Waals surface area contributed by atoms with Crippen molar-refractivity contribution in [3.05, 3.63) is 16.1 Å². The van der Waals surface area contributed by atoms with Gasteiger partial charge in [-0.3, -0.25) is 4.79 Å². The molecule has 1 unspecified atom stereocenters. The van der Waals surface area contributed by atoms with Crippen molar-refractivity contribution in [1.82, 2.24) is 10.3 Å². The predicted octanol–water partition coefficient (Wildman–Crippen LogP) is -0.170. The van der Waals surface area contributed by atoms with E-state index >= 15 is 0 Å². The van der Waals surface area contributed by atoms with Crippen LogP contribution in [0.1, 0.15) is 23.7 Å². The Morgan fingerprint density at radius 1 is 1.67 bits per heavy atom. The molecule has 1 heterocycles. The Kier molecular flexibility index (Phi) is 6.81. The van der Waals surface area contributed by atoms with Gasteiger partial charge in [0, 0.05) is 11.9 Å². The fourth-order valence-corrected chi connectivity index (χ4v) is 2.05. The lowest BCUT2D eigenvalue weighted by atomic mass is 10.3. The molecule has 0 bridgehead atoms. The summed E-state index contributed by atoms with van der Waals surface area (Å²) in [5.41, 5.74) is 6.43. The largest absolute Gasteiger partial charge is 0.394 e. The molecule has 1 atom stereocenters. The number of aliphatic hydroxyl groups is 1. The van der Waals surface area contributed by atoms with Gasteiger partial charge in [-0.1, -0.05) is 0 Å². The smallest absolute Gasteiger partial charge is 0.226 e. The molecular weight excluding hydrogens is 254 g/mol. The summed E-state index contributed by atoms with van der Waals surface area (Å²) in [7, 11) is 0. The molecule has 7 heteroatoms. The van der Waals surface area contributed by atoms with E-state index in [0.29, 0.717) is 19.8 Å². The molecule has 0 saturated heterocycles. The van der Waals surface area contributed by atoms with Gasteiger partial charge < -0.3 is 20.9 Å². The Morgan fingerprint density at radius 2 is 2.44 bits per heavy atom. The van der Waals surface area contributed by atoms with E-state index in [1.165, 1.54) is 11.3 Å². The van der Waals surface area contributed by atoms with Crippen molar-refractivity contribution < 1.29 is 14.6 Å². The van der Waals surface area contributed by atoms with Gasteiger partial charge in [0.1, 0.15) is 5.01 Å². The molecule has 0 fully saturated rings. The number of nitrogens with one attached hydrogen (secondary N) is 1. The monoisotopic (exact) mass is 273 g/mol. The first-order valence-corrected chi connectivity index (χ1v) is 6.66. The van der Waals surface area contributed by atoms with Crippen LogP contribution in [0.2, 0.25) is 0 Å². The van der Waals surface area contributed by atoms with Gasteiger partial charge in [0.05, 0.1) is 38.0 Å². The summed E-state index contributed by atoms with van der Waals surface area (Å²) in [5.74, 6) is -0.0934. The van der Waals surface area contributed by atoms with Crippen molar-refractivity contribution in [3.63, 3.8) is 0 Å². The minimum Gasteiger partial charge on any atom is -0.394 e. The molecule has 102 valence electrons. The van der Waals surface area contributed by atoms with E-state index in [9.17, 15) is 4.79 Å². The highest BCUT2D eigenvalue weighted by Crippen LogP contribution is 2.15. The highest BCUT2D eigenvalue weighted by atomic mass is 32.1. The van der Waals surface area contributed by atoms with Crippen LogP contribution in [0, 0.1) is 0 Å². The Hall–Kier alpha value is -1.02. The summed E-state index contributed by atoms with van der Waals surface area (Å²) in [5, 5.41) is 13.9. The maximum atomic E-state index is 11.5. The summed E-state index contributed by atoms with van der Waals surface area (Å²) < 4.78 is 5.02. The third-order valence-corrected chi connectivity index (χ3v) is 3.20. The van der Waals surface area contributed by atoms with Crippen LogP contribution < -0.4 is 11.1 Å². The van der Waals surface area contributed by atoms with Gasteiger partial charge in [-0.15, -0.1) is 11.3 Å². The second-order valence-corrected chi connectivity index (χ2v) is 4.72. The van der Waals surface area contributed by atoms with Crippen molar-refractivity contribution in [2.24, 2.45) is 5.73 Å². The zero-order valence-corrected chi connectivity index (χ0v) is 11.2. The van der Waals surface area contributed by atoms with Crippen LogP contribution in [0.25, 0.3) is 0 Å². The van der Waals surface area contributed by atoms with Crippen LogP contribution in [0.4, 0.5) is 0 Å². The number of aliphatic hydroxyl groups excluding tert-OH is 1. The van der Waals surface area contributed by atoms with E-state index in [-0.39, 0.29) is 25.0 Å². The summed E-state index contributed by atoms with van der Waals surface area (Å²) in [6, 6.07) is -0.0984. The molecule has 0 radical (unpaired) electrons. The summed E-state index contributed by atoms with van der Waals surface area (Å²) in [6.07, 6.45) is 0.253. The molecule has 0 aliphatic heterocycles. The molecule has 0 saturated carbocycles. The molecule has 6 nitrogen and oxygen atoms in total. The number of carbonyl (C=O) groups excluding carboxylic acids is 1. The average molecular weight is 273 g/mol. The SMILES string of the molecule is CC(N)c1nc(CC(=O)NCCOCCO)cs1. The number of aromatic nitrogens is 1. The molecule has 1 amide bonds. The molecule has 4 N–H and O–H groups in total. The number of nitrogens with zero attached hydrogens (tertiary/aromatic N) is 1. The van der Waals surface area contributed by atoms with Crippen molar-refractivity contribution in [1.29, 1.82) is 0 Å². The fraction of sp³-hybridized carbons (Fsp3) is 0.636. The normalized spacial score (nSPS) is 12.4. The molecule has 0 aliphatic rings. The number of thiazole rings is 1. The number of amides is 1. The lowest BCUT2D eigenvalue weighted by Crippen LogP contribution is -2.29. The van der Waals surface area contributed by atoms with Crippen LogP contribution in [-0.2, 0) is 16.0 Å². The van der Waals surface area contributed by atoms with Gasteiger partial charge in [-0.25, -0.2) is 4.98 Å². The highest BCUT2D eigenvalue weighted by Gasteiger charge is 2.09. The van der Waals surface area contributed by atoms with Crippen molar-refractivity contribution in [2.75, 3.05) is 26.4 Å². The van der Waals surface area contributed by atoms with Gasteiger partial charge >= 0.3 is 0 Å². The quantitative estimate of drug-likeness (QED) is 0.571. The minimum atomic E-state index is -0.0984. The summed E-state index contributed by atoms with van der Waals surface area (Å²) in [6.45, 7) is 2.98. The first-order chi connectivity index (χ1) is 8.63. The van der Waals surface area contributed by atoms with Crippen LogP contribution in [0.5, 0.6) is 0 Å². The lowest BCUT2D eigenvalue weighted by molar-refractivity contribution is -0.120. The van der Waals surface area contributed by atoms with Crippen molar-refractivity contribution in [2.45, 2.75) is 19.4 Å². The lowest BCUT2D eigenvalue weighted by Gasteiger charge is -2.04. The third kappa shape index (κ3) is 5.54. The number of rotatable bonds is 8. The van der Waals surface area contributed by atoms with Gasteiger partial charge in [0.2, 0.25) is 5.91 Å². The van der Waals surface area contributed by atoms with Crippen LogP contribution in [-0.4, -0.2) is 42.4 Å². The van der Waals surface area contributed by atoms with Gasteiger partial charge in [-0.05, 0) is 6.92 Å². The number of hydrogen-bond acceptors (Lipinski definition) is 6. The van der Waals surface area contributed by atoms with Crippen molar-refractivity contribution in [3.8, 4) is 0 Å². The van der Waals surface area contributed by atoms with E-state index in [0.717, 1.165) is 10.7 Å². The van der Waals surface area contributed by atoms with Crippen LogP contribution in [0.3, 0.4) is 0 Å². The Balaban J connectivity index is 2.22. The van der Waals surface area contributed by atoms with Gasteiger partial charge in [0.15, 0.2) is 0 Å². The van der Waals surface area contributed by atoms with Gasteiger partial charge in [-0.2, -0.15) is 0 Å². The number of hydrogen-bond donors (Lipinski definition) is 3. The average Bonchev–Trinajstić information content (AvgIpc) is 2.77. The maximum absolute atomic E-state index is 11.5. The number of nitrogens with two attached hydrogens (primary N) is 1. The van der Waals surface area contributed by atoms with E-state index < -0.39 is 0 Å². The molecule has 1 aromatic heterocycles. The van der Waals surface area contributed by atoms with Crippen molar-refractivity contribution >= 4 is 17.2 Å². The Labute approximate surface area is 110 Å². The zero-order chi connectivity index (χ0) is 13.4. The fourth-order valence-electron chi connectivity index (χ4n) is 1.27. The first-order valence-electron chi connectivity index (χ1n) is 5.78. The molecule has 0 aromatic carbocycles. The number of carbonyl (C=O) groups is 1. The van der Waals surface area contributed by atoms with E-state index in [4.69, 9.17) is 15.6 Å². The van der Waals surface area contributed by atoms with Crippen LogP contribution in [0.15, 0.2) is 5.38 Å². The van der Waals surface area contributed by atoms with E-state index in [1.807, 2.05) is 12.3 Å². The molecule has 0 spiro atoms. The third-order valence-electron chi connectivity index (χ3n) is 2.10. The zero-order valence-electron chi connectivity index (χ0n) is 10.4. The standard InChI is InChI=1S/C11H19N3O3S/c1-8(12)11-14-9(7-18-11)6-10(16)13-2-4-17-5-3-15/h7-8,15H,2-6,12H2,1H3,(H,13,16).